The Hall–Kier alpha value is -3.48. The molecule has 0 aliphatic heterocycles. The second kappa shape index (κ2) is 7.60. The molecule has 0 atom stereocenters. The number of carboxylic acid groups (broad SMARTS) is 1. The molecular formula is C19H16FN3O3. The van der Waals surface area contributed by atoms with Crippen LogP contribution in [-0.2, 0) is 6.42 Å². The summed E-state index contributed by atoms with van der Waals surface area (Å²) in [6.07, 6.45) is 1.95. The van der Waals surface area contributed by atoms with E-state index in [9.17, 15) is 14.0 Å². The molecule has 132 valence electrons. The van der Waals surface area contributed by atoms with Gasteiger partial charge in [-0.25, -0.2) is 9.18 Å². The number of hydrogen-bond acceptors (Lipinski definition) is 3. The van der Waals surface area contributed by atoms with E-state index in [0.717, 1.165) is 5.56 Å². The van der Waals surface area contributed by atoms with Crippen LogP contribution in [0.25, 0.3) is 11.3 Å². The van der Waals surface area contributed by atoms with Gasteiger partial charge in [-0.3, -0.25) is 9.89 Å². The van der Waals surface area contributed by atoms with Gasteiger partial charge in [0.15, 0.2) is 0 Å². The molecule has 26 heavy (non-hydrogen) atoms. The third kappa shape index (κ3) is 3.94. The van der Waals surface area contributed by atoms with E-state index in [1.807, 2.05) is 0 Å². The Morgan fingerprint density at radius 2 is 1.92 bits per heavy atom. The number of amides is 1. The quantitative estimate of drug-likeness (QED) is 0.635. The highest BCUT2D eigenvalue weighted by molar-refractivity contribution is 5.99. The number of aromatic carboxylic acids is 1. The van der Waals surface area contributed by atoms with E-state index in [1.54, 1.807) is 24.3 Å². The summed E-state index contributed by atoms with van der Waals surface area (Å²) in [6.45, 7) is 0.374. The lowest BCUT2D eigenvalue weighted by Crippen LogP contribution is -2.25. The average Bonchev–Trinajstić information content (AvgIpc) is 3.12. The Balaban J connectivity index is 1.62. The molecule has 0 saturated carbocycles. The first-order valence-electron chi connectivity index (χ1n) is 7.94. The molecule has 6 nitrogen and oxygen atoms in total. The van der Waals surface area contributed by atoms with Crippen LogP contribution in [0.3, 0.4) is 0 Å². The summed E-state index contributed by atoms with van der Waals surface area (Å²) in [7, 11) is 0. The van der Waals surface area contributed by atoms with Crippen LogP contribution >= 0.6 is 0 Å². The summed E-state index contributed by atoms with van der Waals surface area (Å²) in [5.41, 5.74) is 2.45. The van der Waals surface area contributed by atoms with Crippen LogP contribution in [-0.4, -0.2) is 33.7 Å². The highest BCUT2D eigenvalue weighted by atomic mass is 19.1. The molecule has 1 heterocycles. The van der Waals surface area contributed by atoms with Gasteiger partial charge in [0.2, 0.25) is 0 Å². The van der Waals surface area contributed by atoms with Gasteiger partial charge in [-0.05, 0) is 36.2 Å². The van der Waals surface area contributed by atoms with Crippen LogP contribution in [0.1, 0.15) is 26.3 Å². The van der Waals surface area contributed by atoms with Crippen molar-refractivity contribution in [3.05, 3.63) is 77.2 Å². The van der Waals surface area contributed by atoms with Crippen molar-refractivity contribution in [3.63, 3.8) is 0 Å². The Morgan fingerprint density at radius 3 is 2.62 bits per heavy atom. The van der Waals surface area contributed by atoms with Crippen molar-refractivity contribution in [2.24, 2.45) is 0 Å². The topological polar surface area (TPSA) is 95.1 Å². The van der Waals surface area contributed by atoms with E-state index in [4.69, 9.17) is 5.11 Å². The molecule has 0 saturated heterocycles. The molecule has 3 N–H and O–H groups in total. The number of aromatic amines is 1. The van der Waals surface area contributed by atoms with Crippen molar-refractivity contribution in [2.45, 2.75) is 6.42 Å². The van der Waals surface area contributed by atoms with Crippen LogP contribution in [0.4, 0.5) is 4.39 Å². The van der Waals surface area contributed by atoms with Gasteiger partial charge < -0.3 is 10.4 Å². The zero-order valence-electron chi connectivity index (χ0n) is 13.7. The molecule has 0 unspecified atom stereocenters. The summed E-state index contributed by atoms with van der Waals surface area (Å²) in [5, 5.41) is 18.3. The molecule has 0 radical (unpaired) electrons. The van der Waals surface area contributed by atoms with Crippen LogP contribution in [0.5, 0.6) is 0 Å². The van der Waals surface area contributed by atoms with Crippen molar-refractivity contribution in [1.29, 1.82) is 0 Å². The van der Waals surface area contributed by atoms with Crippen LogP contribution in [0, 0.1) is 5.82 Å². The Morgan fingerprint density at radius 1 is 1.15 bits per heavy atom. The van der Waals surface area contributed by atoms with Gasteiger partial charge in [0.05, 0.1) is 23.0 Å². The lowest BCUT2D eigenvalue weighted by Gasteiger charge is -2.07. The Kier molecular flexibility index (Phi) is 5.07. The van der Waals surface area contributed by atoms with Crippen LogP contribution in [0.15, 0.2) is 54.7 Å². The third-order valence-electron chi connectivity index (χ3n) is 3.90. The standard InChI is InChI=1S/C19H16FN3O3/c20-15-3-1-2-14(10-15)17-16(11-22-23-17)18(24)21-9-8-12-4-6-13(7-5-12)19(25)26/h1-7,10-11H,8-9H2,(H,21,24)(H,22,23)(H,25,26). The second-order valence-corrected chi connectivity index (χ2v) is 5.68. The summed E-state index contributed by atoms with van der Waals surface area (Å²) < 4.78 is 13.4. The third-order valence-corrected chi connectivity index (χ3v) is 3.90. The number of carbonyl (C=O) groups excluding carboxylic acids is 1. The molecule has 0 aliphatic rings. The fourth-order valence-electron chi connectivity index (χ4n) is 2.55. The van der Waals surface area contributed by atoms with E-state index in [-0.39, 0.29) is 11.5 Å². The number of nitrogens with one attached hydrogen (secondary N) is 2. The molecule has 0 bridgehead atoms. The van der Waals surface area contributed by atoms with E-state index in [1.165, 1.54) is 30.5 Å². The van der Waals surface area contributed by atoms with Crippen LogP contribution < -0.4 is 5.32 Å². The van der Waals surface area contributed by atoms with Gasteiger partial charge in [-0.1, -0.05) is 24.3 Å². The summed E-state index contributed by atoms with van der Waals surface area (Å²) in [6, 6.07) is 12.4. The summed E-state index contributed by atoms with van der Waals surface area (Å²) >= 11 is 0. The summed E-state index contributed by atoms with van der Waals surface area (Å²) in [5.74, 6) is -1.69. The minimum Gasteiger partial charge on any atom is -0.478 e. The van der Waals surface area contributed by atoms with Gasteiger partial charge in [-0.2, -0.15) is 5.10 Å². The molecule has 0 aliphatic carbocycles. The van der Waals surface area contributed by atoms with E-state index in [2.05, 4.69) is 15.5 Å². The molecule has 0 spiro atoms. The van der Waals surface area contributed by atoms with Gasteiger partial charge in [0.1, 0.15) is 5.82 Å². The van der Waals surface area contributed by atoms with Crippen molar-refractivity contribution in [2.75, 3.05) is 6.54 Å². The highest BCUT2D eigenvalue weighted by Gasteiger charge is 2.15. The van der Waals surface area contributed by atoms with Crippen molar-refractivity contribution >= 4 is 11.9 Å². The molecule has 3 rings (SSSR count). The Bertz CT molecular complexity index is 935. The molecule has 2 aromatic carbocycles. The summed E-state index contributed by atoms with van der Waals surface area (Å²) in [4.78, 5) is 23.2. The average molecular weight is 353 g/mol. The van der Waals surface area contributed by atoms with Gasteiger partial charge in [0, 0.05) is 12.1 Å². The first kappa shape index (κ1) is 17.3. The minimum absolute atomic E-state index is 0.218. The molecule has 0 fully saturated rings. The van der Waals surface area contributed by atoms with Crippen molar-refractivity contribution in [1.82, 2.24) is 15.5 Å². The predicted octanol–water partition coefficient (Wildman–Crippen LogP) is 2.89. The van der Waals surface area contributed by atoms with E-state index < -0.39 is 11.8 Å². The number of benzene rings is 2. The zero-order valence-corrected chi connectivity index (χ0v) is 13.7. The SMILES string of the molecule is O=C(O)c1ccc(CCNC(=O)c2cn[nH]c2-c2cccc(F)c2)cc1. The predicted molar refractivity (Wildman–Crippen MR) is 93.4 cm³/mol. The fourth-order valence-corrected chi connectivity index (χ4v) is 2.55. The van der Waals surface area contributed by atoms with Crippen molar-refractivity contribution in [3.8, 4) is 11.3 Å². The number of carboxylic acids is 1. The second-order valence-electron chi connectivity index (χ2n) is 5.68. The first-order chi connectivity index (χ1) is 12.5. The largest absolute Gasteiger partial charge is 0.478 e. The van der Waals surface area contributed by atoms with Crippen LogP contribution in [0.2, 0.25) is 0 Å². The van der Waals surface area contributed by atoms with E-state index >= 15 is 0 Å². The molecule has 3 aromatic rings. The Labute approximate surface area is 148 Å². The minimum atomic E-state index is -0.977. The molecular weight excluding hydrogens is 337 g/mol. The molecule has 7 heteroatoms. The highest BCUT2D eigenvalue weighted by Crippen LogP contribution is 2.21. The van der Waals surface area contributed by atoms with Gasteiger partial charge in [-0.15, -0.1) is 0 Å². The number of halogens is 1. The van der Waals surface area contributed by atoms with Crippen molar-refractivity contribution < 1.29 is 19.1 Å². The monoisotopic (exact) mass is 353 g/mol. The molecule has 1 amide bonds. The van der Waals surface area contributed by atoms with Gasteiger partial charge >= 0.3 is 5.97 Å². The lowest BCUT2D eigenvalue weighted by atomic mass is 10.1. The smallest absolute Gasteiger partial charge is 0.335 e. The number of rotatable bonds is 6. The maximum atomic E-state index is 13.4. The zero-order chi connectivity index (χ0) is 18.5. The van der Waals surface area contributed by atoms with Gasteiger partial charge in [0.25, 0.3) is 5.91 Å². The number of carbonyl (C=O) groups is 2. The number of nitrogens with zero attached hydrogens (tertiary/aromatic N) is 1. The molecule has 1 aromatic heterocycles. The first-order valence-corrected chi connectivity index (χ1v) is 7.94. The lowest BCUT2D eigenvalue weighted by molar-refractivity contribution is 0.0696. The van der Waals surface area contributed by atoms with E-state index in [0.29, 0.717) is 29.8 Å². The normalized spacial score (nSPS) is 10.5. The number of H-pyrrole nitrogens is 1. The number of hydrogen-bond donors (Lipinski definition) is 3. The number of aromatic nitrogens is 2. The maximum absolute atomic E-state index is 13.4. The fraction of sp³-hybridized carbons (Fsp3) is 0.105. The maximum Gasteiger partial charge on any atom is 0.335 e.